The Balaban J connectivity index is 4.97. The van der Waals surface area contributed by atoms with Crippen LogP contribution >= 0.6 is 0 Å². The van der Waals surface area contributed by atoms with E-state index in [0.717, 1.165) is 6.42 Å². The van der Waals surface area contributed by atoms with Gasteiger partial charge >= 0.3 is 12.1 Å². The van der Waals surface area contributed by atoms with E-state index in [1.807, 2.05) is 40.8 Å². The Kier molecular flexibility index (Phi) is 8.31. The molecular formula is C17H35NO4Si. The average Bonchev–Trinajstić information content (AvgIpc) is 2.39. The predicted molar refractivity (Wildman–Crippen MR) is 95.9 cm³/mol. The summed E-state index contributed by atoms with van der Waals surface area (Å²) in [5.74, 6) is -0.117. The number of hydrogen-bond donors (Lipinski definition) is 1. The third kappa shape index (κ3) is 7.37. The minimum atomic E-state index is -2.22. The van der Waals surface area contributed by atoms with Gasteiger partial charge < -0.3 is 14.5 Å². The van der Waals surface area contributed by atoms with E-state index in [4.69, 9.17) is 9.16 Å². The van der Waals surface area contributed by atoms with Crippen molar-refractivity contribution in [1.29, 1.82) is 0 Å². The van der Waals surface area contributed by atoms with E-state index < -0.39 is 20.5 Å². The molecule has 0 rings (SSSR count). The van der Waals surface area contributed by atoms with Gasteiger partial charge in [0.25, 0.3) is 8.32 Å². The van der Waals surface area contributed by atoms with E-state index in [1.54, 1.807) is 0 Å². The maximum Gasteiger partial charge on any atom is 0.407 e. The Hall–Kier alpha value is -1.04. The van der Waals surface area contributed by atoms with Gasteiger partial charge in [0.05, 0.1) is 6.61 Å². The summed E-state index contributed by atoms with van der Waals surface area (Å²) in [5, 5.41) is 2.61. The van der Waals surface area contributed by atoms with Gasteiger partial charge in [-0.15, -0.1) is 0 Å². The fourth-order valence-electron chi connectivity index (χ4n) is 1.55. The third-order valence-corrected chi connectivity index (χ3v) is 8.77. The molecule has 0 aromatic rings. The van der Waals surface area contributed by atoms with Crippen LogP contribution < -0.4 is 5.32 Å². The molecule has 0 aliphatic carbocycles. The summed E-state index contributed by atoms with van der Waals surface area (Å²) in [6.07, 6.45) is 0.207. The lowest BCUT2D eigenvalue weighted by atomic mass is 10.00. The second-order valence-electron chi connectivity index (χ2n) is 8.18. The molecule has 0 aliphatic heterocycles. The van der Waals surface area contributed by atoms with Gasteiger partial charge in [-0.25, -0.2) is 4.79 Å². The monoisotopic (exact) mass is 345 g/mol. The molecule has 136 valence electrons. The van der Waals surface area contributed by atoms with Gasteiger partial charge in [0, 0.05) is 0 Å². The number of carbonyl (C=O) groups is 2. The predicted octanol–water partition coefficient (Wildman–Crippen LogP) is 4.33. The van der Waals surface area contributed by atoms with Crippen LogP contribution in [-0.2, 0) is 14.0 Å². The number of hydrogen-bond acceptors (Lipinski definition) is 4. The standard InChI is InChI=1S/C17H35NO4Si/c1-10-13(4)14(18-16(20)21-11-12(2)3)15(19)22-23(8,9)17(5,6)7/h12-14H,10-11H2,1-9H3,(H,18,20). The maximum absolute atomic E-state index is 12.6. The van der Waals surface area contributed by atoms with Gasteiger partial charge in [0.2, 0.25) is 0 Å². The Morgan fingerprint density at radius 3 is 2.04 bits per heavy atom. The fourth-order valence-corrected chi connectivity index (χ4v) is 2.48. The Bertz CT molecular complexity index is 402. The van der Waals surface area contributed by atoms with Gasteiger partial charge in [-0.05, 0) is 30.0 Å². The normalized spacial score (nSPS) is 15.0. The van der Waals surface area contributed by atoms with Crippen LogP contribution in [0.5, 0.6) is 0 Å². The van der Waals surface area contributed by atoms with Crippen molar-refractivity contribution >= 4 is 20.4 Å². The molecule has 2 atom stereocenters. The number of amides is 1. The minimum absolute atomic E-state index is 0.0149. The van der Waals surface area contributed by atoms with Gasteiger partial charge in [-0.2, -0.15) is 0 Å². The van der Waals surface area contributed by atoms with Crippen molar-refractivity contribution in [2.45, 2.75) is 79.1 Å². The van der Waals surface area contributed by atoms with Crippen molar-refractivity contribution in [2.24, 2.45) is 11.8 Å². The first-order chi connectivity index (χ1) is 10.3. The van der Waals surface area contributed by atoms with E-state index in [9.17, 15) is 9.59 Å². The first kappa shape index (κ1) is 22.0. The largest absolute Gasteiger partial charge is 0.518 e. The van der Waals surface area contributed by atoms with Crippen molar-refractivity contribution in [3.05, 3.63) is 0 Å². The lowest BCUT2D eigenvalue weighted by Gasteiger charge is -2.37. The van der Waals surface area contributed by atoms with Gasteiger partial charge in [-0.1, -0.05) is 54.9 Å². The van der Waals surface area contributed by atoms with Crippen LogP contribution in [0.1, 0.15) is 54.9 Å². The summed E-state index contributed by atoms with van der Waals surface area (Å²) in [6, 6.07) is -0.672. The molecule has 0 aromatic carbocycles. The van der Waals surface area contributed by atoms with Crippen molar-refractivity contribution in [2.75, 3.05) is 6.61 Å². The Labute approximate surface area is 142 Å². The summed E-state index contributed by atoms with van der Waals surface area (Å²) >= 11 is 0. The Morgan fingerprint density at radius 1 is 1.13 bits per heavy atom. The second-order valence-corrected chi connectivity index (χ2v) is 12.9. The lowest BCUT2D eigenvalue weighted by Crippen LogP contribution is -2.51. The molecule has 6 heteroatoms. The van der Waals surface area contributed by atoms with Crippen molar-refractivity contribution in [1.82, 2.24) is 5.32 Å². The molecule has 1 amide bonds. The summed E-state index contributed by atoms with van der Waals surface area (Å²) in [6.45, 7) is 18.5. The van der Waals surface area contributed by atoms with Crippen molar-refractivity contribution < 1.29 is 18.8 Å². The zero-order valence-corrected chi connectivity index (χ0v) is 17.3. The molecule has 5 nitrogen and oxygen atoms in total. The summed E-state index contributed by atoms with van der Waals surface area (Å²) < 4.78 is 11.0. The molecule has 0 aliphatic rings. The molecule has 1 N–H and O–H groups in total. The molecule has 0 heterocycles. The molecular weight excluding hydrogens is 310 g/mol. The summed E-state index contributed by atoms with van der Waals surface area (Å²) in [7, 11) is -2.22. The number of ether oxygens (including phenoxy) is 1. The van der Waals surface area contributed by atoms with Crippen LogP contribution in [0.4, 0.5) is 4.79 Å². The van der Waals surface area contributed by atoms with Crippen LogP contribution in [0.15, 0.2) is 0 Å². The highest BCUT2D eigenvalue weighted by Gasteiger charge is 2.42. The van der Waals surface area contributed by atoms with Crippen LogP contribution in [0.25, 0.3) is 0 Å². The first-order valence-corrected chi connectivity index (χ1v) is 11.4. The molecule has 0 aromatic heterocycles. The van der Waals surface area contributed by atoms with Crippen LogP contribution in [0.2, 0.25) is 18.1 Å². The highest BCUT2D eigenvalue weighted by atomic mass is 28.4. The van der Waals surface area contributed by atoms with Crippen LogP contribution in [0, 0.1) is 11.8 Å². The molecule has 23 heavy (non-hydrogen) atoms. The molecule has 0 bridgehead atoms. The minimum Gasteiger partial charge on any atom is -0.518 e. The zero-order valence-electron chi connectivity index (χ0n) is 16.3. The maximum atomic E-state index is 12.6. The number of carbonyl (C=O) groups excluding carboxylic acids is 2. The average molecular weight is 346 g/mol. The number of nitrogens with one attached hydrogen (secondary N) is 1. The summed E-state index contributed by atoms with van der Waals surface area (Å²) in [5.41, 5.74) is 0. The topological polar surface area (TPSA) is 64.6 Å². The molecule has 2 unspecified atom stereocenters. The lowest BCUT2D eigenvalue weighted by molar-refractivity contribution is -0.139. The number of rotatable bonds is 7. The zero-order chi connectivity index (χ0) is 18.4. The van der Waals surface area contributed by atoms with Gasteiger partial charge in [-0.3, -0.25) is 4.79 Å². The third-order valence-electron chi connectivity index (χ3n) is 4.45. The fraction of sp³-hybridized carbons (Fsp3) is 0.882. The van der Waals surface area contributed by atoms with Gasteiger partial charge in [0.15, 0.2) is 0 Å². The van der Waals surface area contributed by atoms with Crippen LogP contribution in [-0.4, -0.2) is 33.0 Å². The highest BCUT2D eigenvalue weighted by molar-refractivity contribution is 6.75. The van der Waals surface area contributed by atoms with E-state index in [1.165, 1.54) is 0 Å². The molecule has 0 spiro atoms. The molecule has 0 saturated heterocycles. The van der Waals surface area contributed by atoms with E-state index in [2.05, 4.69) is 26.1 Å². The smallest absolute Gasteiger partial charge is 0.407 e. The van der Waals surface area contributed by atoms with Crippen molar-refractivity contribution in [3.8, 4) is 0 Å². The van der Waals surface area contributed by atoms with E-state index >= 15 is 0 Å². The summed E-state index contributed by atoms with van der Waals surface area (Å²) in [4.78, 5) is 24.5. The van der Waals surface area contributed by atoms with Gasteiger partial charge in [0.1, 0.15) is 6.04 Å². The second kappa shape index (κ2) is 8.71. The SMILES string of the molecule is CCC(C)C(NC(=O)OCC(C)C)C(=O)O[Si](C)(C)C(C)(C)C. The van der Waals surface area contributed by atoms with E-state index in [0.29, 0.717) is 6.61 Å². The van der Waals surface area contributed by atoms with E-state index in [-0.39, 0.29) is 22.8 Å². The quantitative estimate of drug-likeness (QED) is 0.697. The molecule has 0 radical (unpaired) electrons. The number of alkyl carbamates (subject to hydrolysis) is 1. The molecule has 0 fully saturated rings. The van der Waals surface area contributed by atoms with Crippen LogP contribution in [0.3, 0.4) is 0 Å². The first-order valence-electron chi connectivity index (χ1n) is 8.48. The molecule has 0 saturated carbocycles. The van der Waals surface area contributed by atoms with Crippen molar-refractivity contribution in [3.63, 3.8) is 0 Å². The Morgan fingerprint density at radius 2 is 1.65 bits per heavy atom. The highest BCUT2D eigenvalue weighted by Crippen LogP contribution is 2.37.